The Morgan fingerprint density at radius 3 is 3.12 bits per heavy atom. The van der Waals surface area contributed by atoms with Gasteiger partial charge in [-0.15, -0.1) is 0 Å². The first-order valence-corrected chi connectivity index (χ1v) is 5.55. The Morgan fingerprint density at radius 1 is 1.69 bits per heavy atom. The summed E-state index contributed by atoms with van der Waals surface area (Å²) >= 11 is 0. The Kier molecular flexibility index (Phi) is 3.58. The number of aryl methyl sites for hydroxylation is 1. The Morgan fingerprint density at radius 2 is 2.56 bits per heavy atom. The van der Waals surface area contributed by atoms with E-state index in [4.69, 9.17) is 9.47 Å². The molecule has 5 nitrogen and oxygen atoms in total. The van der Waals surface area contributed by atoms with Crippen LogP contribution in [0.15, 0.2) is 12.4 Å². The van der Waals surface area contributed by atoms with Gasteiger partial charge >= 0.3 is 0 Å². The summed E-state index contributed by atoms with van der Waals surface area (Å²) in [5, 5.41) is 7.52. The molecule has 0 aliphatic carbocycles. The van der Waals surface area contributed by atoms with Crippen molar-refractivity contribution in [1.29, 1.82) is 0 Å². The second-order valence-electron chi connectivity index (χ2n) is 4.32. The van der Waals surface area contributed by atoms with E-state index < -0.39 is 0 Å². The van der Waals surface area contributed by atoms with Crippen molar-refractivity contribution in [3.05, 3.63) is 18.0 Å². The van der Waals surface area contributed by atoms with Gasteiger partial charge in [0.25, 0.3) is 0 Å². The highest BCUT2D eigenvalue weighted by atomic mass is 16.5. The van der Waals surface area contributed by atoms with Crippen LogP contribution in [-0.2, 0) is 23.1 Å². The van der Waals surface area contributed by atoms with Gasteiger partial charge in [-0.05, 0) is 0 Å². The van der Waals surface area contributed by atoms with Crippen LogP contribution in [0.5, 0.6) is 0 Å². The van der Waals surface area contributed by atoms with Gasteiger partial charge in [-0.3, -0.25) is 4.68 Å². The van der Waals surface area contributed by atoms with Gasteiger partial charge in [-0.25, -0.2) is 0 Å². The molecule has 0 saturated carbocycles. The van der Waals surface area contributed by atoms with Gasteiger partial charge in [-0.1, -0.05) is 0 Å². The van der Waals surface area contributed by atoms with E-state index in [1.54, 1.807) is 7.11 Å². The number of methoxy groups -OCH3 is 1. The first-order valence-electron chi connectivity index (χ1n) is 5.55. The van der Waals surface area contributed by atoms with E-state index in [1.807, 2.05) is 24.1 Å². The maximum atomic E-state index is 5.53. The zero-order valence-electron chi connectivity index (χ0n) is 9.90. The Labute approximate surface area is 95.7 Å². The molecule has 1 N–H and O–H groups in total. The minimum Gasteiger partial charge on any atom is -0.378 e. The number of hydrogen-bond acceptors (Lipinski definition) is 4. The topological polar surface area (TPSA) is 48.3 Å². The first kappa shape index (κ1) is 11.6. The summed E-state index contributed by atoms with van der Waals surface area (Å²) < 4.78 is 12.7. The van der Waals surface area contributed by atoms with Crippen molar-refractivity contribution in [1.82, 2.24) is 15.1 Å². The van der Waals surface area contributed by atoms with Crippen LogP contribution in [0.25, 0.3) is 0 Å². The molecule has 0 radical (unpaired) electrons. The van der Waals surface area contributed by atoms with E-state index in [2.05, 4.69) is 10.4 Å². The lowest BCUT2D eigenvalue weighted by Crippen LogP contribution is -2.42. The molecule has 0 bridgehead atoms. The van der Waals surface area contributed by atoms with Crippen molar-refractivity contribution < 1.29 is 9.47 Å². The summed E-state index contributed by atoms with van der Waals surface area (Å²) in [6.45, 7) is 3.11. The van der Waals surface area contributed by atoms with E-state index in [-0.39, 0.29) is 5.60 Å². The maximum absolute atomic E-state index is 5.53. The van der Waals surface area contributed by atoms with Crippen molar-refractivity contribution in [2.24, 2.45) is 7.05 Å². The van der Waals surface area contributed by atoms with Crippen molar-refractivity contribution in [2.45, 2.75) is 18.6 Å². The second kappa shape index (κ2) is 4.95. The fourth-order valence-corrected chi connectivity index (χ4v) is 1.96. The number of nitrogens with one attached hydrogen (secondary N) is 1. The number of ether oxygens (including phenoxy) is 2. The van der Waals surface area contributed by atoms with E-state index >= 15 is 0 Å². The number of rotatable bonds is 5. The minimum atomic E-state index is -0.137. The van der Waals surface area contributed by atoms with Gasteiger partial charge < -0.3 is 14.8 Å². The third-order valence-electron chi connectivity index (χ3n) is 3.03. The molecular weight excluding hydrogens is 206 g/mol. The van der Waals surface area contributed by atoms with Crippen LogP contribution in [0.4, 0.5) is 0 Å². The molecule has 1 unspecified atom stereocenters. The summed E-state index contributed by atoms with van der Waals surface area (Å²) in [7, 11) is 3.67. The third kappa shape index (κ3) is 2.61. The van der Waals surface area contributed by atoms with Crippen LogP contribution < -0.4 is 5.32 Å². The lowest BCUT2D eigenvalue weighted by Gasteiger charge is -2.25. The predicted octanol–water partition coefficient (Wildman–Crippen LogP) is 0.315. The van der Waals surface area contributed by atoms with E-state index in [1.165, 1.54) is 5.56 Å². The summed E-state index contributed by atoms with van der Waals surface area (Å²) in [5.74, 6) is 0. The van der Waals surface area contributed by atoms with E-state index in [0.717, 1.165) is 26.1 Å². The van der Waals surface area contributed by atoms with Gasteiger partial charge in [0.05, 0.1) is 12.8 Å². The molecule has 1 saturated heterocycles. The van der Waals surface area contributed by atoms with Crippen molar-refractivity contribution in [2.75, 3.05) is 26.9 Å². The van der Waals surface area contributed by atoms with Gasteiger partial charge in [0.15, 0.2) is 0 Å². The number of hydrogen-bond donors (Lipinski definition) is 1. The summed E-state index contributed by atoms with van der Waals surface area (Å²) in [6, 6.07) is 0. The molecule has 2 heterocycles. The van der Waals surface area contributed by atoms with Gasteiger partial charge in [-0.2, -0.15) is 5.10 Å². The lowest BCUT2D eigenvalue weighted by molar-refractivity contribution is -0.0159. The van der Waals surface area contributed by atoms with Crippen molar-refractivity contribution in [3.8, 4) is 0 Å². The summed E-state index contributed by atoms with van der Waals surface area (Å²) in [4.78, 5) is 0. The monoisotopic (exact) mass is 225 g/mol. The molecule has 1 aliphatic heterocycles. The molecular formula is C11H19N3O2. The predicted molar refractivity (Wildman–Crippen MR) is 60.1 cm³/mol. The smallest absolute Gasteiger partial charge is 0.106 e. The summed E-state index contributed by atoms with van der Waals surface area (Å²) in [6.07, 6.45) is 4.85. The molecule has 0 spiro atoms. The average Bonchev–Trinajstić information content (AvgIpc) is 2.89. The Hall–Kier alpha value is -0.910. The summed E-state index contributed by atoms with van der Waals surface area (Å²) in [5.41, 5.74) is 1.05. The van der Waals surface area contributed by atoms with E-state index in [0.29, 0.717) is 6.61 Å². The minimum absolute atomic E-state index is 0.137. The lowest BCUT2D eigenvalue weighted by atomic mass is 10.0. The molecule has 5 heteroatoms. The molecule has 2 rings (SSSR count). The van der Waals surface area contributed by atoms with Crippen molar-refractivity contribution >= 4 is 0 Å². The van der Waals surface area contributed by atoms with Crippen LogP contribution in [0, 0.1) is 0 Å². The fourth-order valence-electron chi connectivity index (χ4n) is 1.96. The molecule has 0 amide bonds. The van der Waals surface area contributed by atoms with Gasteiger partial charge in [0, 0.05) is 52.0 Å². The third-order valence-corrected chi connectivity index (χ3v) is 3.03. The highest BCUT2D eigenvalue weighted by molar-refractivity contribution is 5.03. The van der Waals surface area contributed by atoms with Gasteiger partial charge in [0.2, 0.25) is 0 Å². The average molecular weight is 225 g/mol. The maximum Gasteiger partial charge on any atom is 0.106 e. The molecule has 90 valence electrons. The zero-order chi connectivity index (χ0) is 11.4. The van der Waals surface area contributed by atoms with E-state index in [9.17, 15) is 0 Å². The molecule has 1 aromatic rings. The standard InChI is InChI=1S/C11H19N3O2/c1-14-7-10(6-13-14)5-12-8-11(15-2)3-4-16-9-11/h6-7,12H,3-5,8-9H2,1-2H3. The van der Waals surface area contributed by atoms with Crippen molar-refractivity contribution in [3.63, 3.8) is 0 Å². The molecule has 1 fully saturated rings. The Bertz CT molecular complexity index is 332. The van der Waals surface area contributed by atoms with Crippen LogP contribution in [0.1, 0.15) is 12.0 Å². The SMILES string of the molecule is COC1(CNCc2cnn(C)c2)CCOC1. The molecule has 1 atom stereocenters. The normalized spacial score (nSPS) is 25.1. The highest BCUT2D eigenvalue weighted by Crippen LogP contribution is 2.21. The van der Waals surface area contributed by atoms with Gasteiger partial charge in [0.1, 0.15) is 5.60 Å². The van der Waals surface area contributed by atoms with Crippen LogP contribution in [0.2, 0.25) is 0 Å². The van der Waals surface area contributed by atoms with Crippen LogP contribution in [-0.4, -0.2) is 42.2 Å². The zero-order valence-corrected chi connectivity index (χ0v) is 9.90. The number of aromatic nitrogens is 2. The largest absolute Gasteiger partial charge is 0.378 e. The van der Waals surface area contributed by atoms with Crippen LogP contribution >= 0.6 is 0 Å². The quantitative estimate of drug-likeness (QED) is 0.784. The first-order chi connectivity index (χ1) is 7.74. The second-order valence-corrected chi connectivity index (χ2v) is 4.32. The molecule has 1 aromatic heterocycles. The highest BCUT2D eigenvalue weighted by Gasteiger charge is 2.34. The van der Waals surface area contributed by atoms with Crippen LogP contribution in [0.3, 0.4) is 0 Å². The number of nitrogens with zero attached hydrogens (tertiary/aromatic N) is 2. The molecule has 0 aromatic carbocycles. The Balaban J connectivity index is 1.78. The fraction of sp³-hybridized carbons (Fsp3) is 0.727. The molecule has 1 aliphatic rings. The molecule has 16 heavy (non-hydrogen) atoms.